The van der Waals surface area contributed by atoms with Crippen molar-refractivity contribution in [1.29, 1.82) is 0 Å². The van der Waals surface area contributed by atoms with Gasteiger partial charge in [0.05, 0.1) is 0 Å². The Bertz CT molecular complexity index is 599. The number of hydrogen-bond donors (Lipinski definition) is 0. The second kappa shape index (κ2) is 8.41. The summed E-state index contributed by atoms with van der Waals surface area (Å²) in [6.45, 7) is 5.78. The summed E-state index contributed by atoms with van der Waals surface area (Å²) in [6, 6.07) is 16.4. The maximum atomic E-state index is 4.10. The van der Waals surface area contributed by atoms with Gasteiger partial charge in [0.2, 0.25) is 0 Å². The molecule has 3 nitrogen and oxygen atoms in total. The van der Waals surface area contributed by atoms with E-state index >= 15 is 0 Å². The van der Waals surface area contributed by atoms with Crippen molar-refractivity contribution in [3.05, 3.63) is 66.0 Å². The average molecular weight is 323 g/mol. The van der Waals surface area contributed by atoms with Gasteiger partial charge in [-0.1, -0.05) is 30.3 Å². The number of likely N-dealkylation sites (N-methyl/N-ethyl adjacent to an activating group) is 1. The fraction of sp³-hybridized carbons (Fsp3) is 0.476. The molecule has 0 radical (unpaired) electrons. The number of pyridine rings is 1. The Hall–Kier alpha value is -1.71. The molecule has 24 heavy (non-hydrogen) atoms. The van der Waals surface area contributed by atoms with Crippen molar-refractivity contribution in [1.82, 2.24) is 14.8 Å². The Morgan fingerprint density at radius 1 is 1.08 bits per heavy atom. The number of aromatic nitrogens is 1. The van der Waals surface area contributed by atoms with Crippen molar-refractivity contribution in [2.24, 2.45) is 0 Å². The molecule has 128 valence electrons. The number of likely N-dealkylation sites (tertiary alicyclic amines) is 1. The van der Waals surface area contributed by atoms with Gasteiger partial charge < -0.3 is 4.90 Å². The molecule has 1 fully saturated rings. The van der Waals surface area contributed by atoms with Crippen molar-refractivity contribution < 1.29 is 0 Å². The molecule has 3 heteroatoms. The summed E-state index contributed by atoms with van der Waals surface area (Å²) in [7, 11) is 2.28. The van der Waals surface area contributed by atoms with Crippen molar-refractivity contribution in [2.45, 2.75) is 44.8 Å². The van der Waals surface area contributed by atoms with Crippen LogP contribution in [0.25, 0.3) is 0 Å². The maximum Gasteiger partial charge on any atom is 0.0270 e. The lowest BCUT2D eigenvalue weighted by atomic mass is 9.96. The third kappa shape index (κ3) is 4.65. The van der Waals surface area contributed by atoms with E-state index in [1.165, 1.54) is 30.5 Å². The van der Waals surface area contributed by atoms with Crippen LogP contribution < -0.4 is 0 Å². The molecule has 3 rings (SSSR count). The van der Waals surface area contributed by atoms with E-state index in [0.717, 1.165) is 19.5 Å². The first-order valence-corrected chi connectivity index (χ1v) is 9.09. The van der Waals surface area contributed by atoms with Gasteiger partial charge in [0.1, 0.15) is 0 Å². The lowest BCUT2D eigenvalue weighted by Crippen LogP contribution is -2.47. The number of rotatable bonds is 6. The first kappa shape index (κ1) is 17.1. The van der Waals surface area contributed by atoms with Crippen LogP contribution in [0.3, 0.4) is 0 Å². The van der Waals surface area contributed by atoms with Gasteiger partial charge >= 0.3 is 0 Å². The Morgan fingerprint density at radius 2 is 1.83 bits per heavy atom. The standard InChI is InChI=1S/C21H29N3/c1-18-16-21(23(2)14-10-19-8-12-22-13-9-19)11-15-24(18)17-20-6-4-3-5-7-20/h3-9,12-13,18,21H,10-11,14-17H2,1-2H3/t18-,21-/m0/s1. The second-order valence-corrected chi connectivity index (χ2v) is 7.07. The fourth-order valence-electron chi connectivity index (χ4n) is 3.69. The van der Waals surface area contributed by atoms with Crippen LogP contribution in [0.2, 0.25) is 0 Å². The van der Waals surface area contributed by atoms with Crippen LogP contribution in [0.15, 0.2) is 54.9 Å². The Labute approximate surface area is 146 Å². The number of hydrogen-bond acceptors (Lipinski definition) is 3. The fourth-order valence-corrected chi connectivity index (χ4v) is 3.69. The molecule has 1 saturated heterocycles. The van der Waals surface area contributed by atoms with Crippen molar-refractivity contribution in [3.8, 4) is 0 Å². The van der Waals surface area contributed by atoms with Crippen LogP contribution in [-0.2, 0) is 13.0 Å². The molecule has 0 amide bonds. The summed E-state index contributed by atoms with van der Waals surface area (Å²) in [5, 5.41) is 0. The molecular weight excluding hydrogens is 294 g/mol. The smallest absolute Gasteiger partial charge is 0.0270 e. The minimum Gasteiger partial charge on any atom is -0.303 e. The summed E-state index contributed by atoms with van der Waals surface area (Å²) < 4.78 is 0. The molecular formula is C21H29N3. The molecule has 2 heterocycles. The number of benzene rings is 1. The molecule has 0 unspecified atom stereocenters. The molecule has 1 aliphatic heterocycles. The quantitative estimate of drug-likeness (QED) is 0.809. The number of piperidine rings is 1. The molecule has 1 aromatic carbocycles. The van der Waals surface area contributed by atoms with Gasteiger partial charge in [0.15, 0.2) is 0 Å². The van der Waals surface area contributed by atoms with Gasteiger partial charge in [-0.05, 0) is 56.5 Å². The van der Waals surface area contributed by atoms with Crippen molar-refractivity contribution >= 4 is 0 Å². The largest absolute Gasteiger partial charge is 0.303 e. The van der Waals surface area contributed by atoms with E-state index in [0.29, 0.717) is 12.1 Å². The van der Waals surface area contributed by atoms with Crippen LogP contribution in [-0.4, -0.2) is 47.0 Å². The van der Waals surface area contributed by atoms with Crippen LogP contribution in [0, 0.1) is 0 Å². The van der Waals surface area contributed by atoms with E-state index in [4.69, 9.17) is 0 Å². The van der Waals surface area contributed by atoms with E-state index < -0.39 is 0 Å². The lowest BCUT2D eigenvalue weighted by molar-refractivity contribution is 0.0809. The van der Waals surface area contributed by atoms with Gasteiger partial charge in [-0.2, -0.15) is 0 Å². The molecule has 0 aliphatic carbocycles. The van der Waals surface area contributed by atoms with Crippen molar-refractivity contribution in [2.75, 3.05) is 20.1 Å². The highest BCUT2D eigenvalue weighted by atomic mass is 15.2. The molecule has 0 spiro atoms. The third-order valence-electron chi connectivity index (χ3n) is 5.34. The minimum atomic E-state index is 0.646. The highest BCUT2D eigenvalue weighted by molar-refractivity contribution is 5.15. The van der Waals surface area contributed by atoms with E-state index in [2.05, 4.69) is 71.2 Å². The SMILES string of the molecule is C[C@H]1C[C@@H](N(C)CCc2ccncc2)CCN1Cc1ccccc1. The minimum absolute atomic E-state index is 0.646. The molecule has 0 bridgehead atoms. The normalized spacial score (nSPS) is 22.0. The molecule has 1 aliphatic rings. The average Bonchev–Trinajstić information content (AvgIpc) is 2.63. The molecule has 2 aromatic rings. The predicted octanol–water partition coefficient (Wildman–Crippen LogP) is 3.61. The Kier molecular flexibility index (Phi) is 6.00. The monoisotopic (exact) mass is 323 g/mol. The van der Waals surface area contributed by atoms with E-state index in [-0.39, 0.29) is 0 Å². The molecule has 1 aromatic heterocycles. The van der Waals surface area contributed by atoms with Crippen LogP contribution in [0.4, 0.5) is 0 Å². The molecule has 2 atom stereocenters. The first-order valence-electron chi connectivity index (χ1n) is 9.09. The zero-order valence-electron chi connectivity index (χ0n) is 14.9. The summed E-state index contributed by atoms with van der Waals surface area (Å²) in [4.78, 5) is 9.28. The van der Waals surface area contributed by atoms with Crippen molar-refractivity contribution in [3.63, 3.8) is 0 Å². The molecule has 0 N–H and O–H groups in total. The second-order valence-electron chi connectivity index (χ2n) is 7.07. The number of nitrogens with zero attached hydrogens (tertiary/aromatic N) is 3. The molecule has 0 saturated carbocycles. The van der Waals surface area contributed by atoms with Gasteiger partial charge in [0.25, 0.3) is 0 Å². The zero-order chi connectivity index (χ0) is 16.8. The summed E-state index contributed by atoms with van der Waals surface area (Å²) in [6.07, 6.45) is 7.42. The maximum absolute atomic E-state index is 4.10. The first-order chi connectivity index (χ1) is 11.7. The van der Waals surface area contributed by atoms with E-state index in [9.17, 15) is 0 Å². The summed E-state index contributed by atoms with van der Waals surface area (Å²) >= 11 is 0. The van der Waals surface area contributed by atoms with Gasteiger partial charge in [-0.15, -0.1) is 0 Å². The topological polar surface area (TPSA) is 19.4 Å². The van der Waals surface area contributed by atoms with Gasteiger partial charge in [-0.3, -0.25) is 9.88 Å². The van der Waals surface area contributed by atoms with Crippen LogP contribution in [0.5, 0.6) is 0 Å². The van der Waals surface area contributed by atoms with Gasteiger partial charge in [0, 0.05) is 44.1 Å². The van der Waals surface area contributed by atoms with E-state index in [1.807, 2.05) is 12.4 Å². The Morgan fingerprint density at radius 3 is 2.54 bits per heavy atom. The lowest BCUT2D eigenvalue weighted by Gasteiger charge is -2.41. The van der Waals surface area contributed by atoms with E-state index in [1.54, 1.807) is 0 Å². The third-order valence-corrected chi connectivity index (χ3v) is 5.34. The Balaban J connectivity index is 1.47. The highest BCUT2D eigenvalue weighted by Crippen LogP contribution is 2.23. The predicted molar refractivity (Wildman–Crippen MR) is 99.9 cm³/mol. The van der Waals surface area contributed by atoms with Crippen LogP contribution >= 0.6 is 0 Å². The zero-order valence-corrected chi connectivity index (χ0v) is 14.9. The summed E-state index contributed by atoms with van der Waals surface area (Å²) in [5.41, 5.74) is 2.81. The summed E-state index contributed by atoms with van der Waals surface area (Å²) in [5.74, 6) is 0. The van der Waals surface area contributed by atoms with Gasteiger partial charge in [-0.25, -0.2) is 0 Å². The highest BCUT2D eigenvalue weighted by Gasteiger charge is 2.27. The van der Waals surface area contributed by atoms with Crippen LogP contribution in [0.1, 0.15) is 30.9 Å².